The van der Waals surface area contributed by atoms with Gasteiger partial charge in [-0.2, -0.15) is 0 Å². The number of halogens is 1. The number of rotatable bonds is 5. The van der Waals surface area contributed by atoms with E-state index < -0.39 is 0 Å². The zero-order valence-electron chi connectivity index (χ0n) is 9.33. The molecule has 2 nitrogen and oxygen atoms in total. The largest absolute Gasteiger partial charge is 0.396 e. The second-order valence-corrected chi connectivity index (χ2v) is 5.75. The van der Waals surface area contributed by atoms with E-state index in [4.69, 9.17) is 11.6 Å². The summed E-state index contributed by atoms with van der Waals surface area (Å²) in [6, 6.07) is 4.12. The van der Waals surface area contributed by atoms with E-state index in [1.165, 1.54) is 4.88 Å². The normalized spacial score (nSPS) is 15.6. The van der Waals surface area contributed by atoms with Crippen LogP contribution in [0.5, 0.6) is 0 Å². The Bertz CT molecular complexity index is 301. The summed E-state index contributed by atoms with van der Waals surface area (Å²) in [5.74, 6) is 0.665. The topological polar surface area (TPSA) is 32.3 Å². The van der Waals surface area contributed by atoms with Crippen molar-refractivity contribution >= 4 is 22.9 Å². The predicted octanol–water partition coefficient (Wildman–Crippen LogP) is 2.93. The third kappa shape index (κ3) is 3.18. The summed E-state index contributed by atoms with van der Waals surface area (Å²) in [5, 5.41) is 12.7. The molecule has 0 saturated carbocycles. The molecule has 2 N–H and O–H groups in total. The van der Waals surface area contributed by atoms with Gasteiger partial charge in [0.15, 0.2) is 0 Å². The number of aliphatic hydroxyl groups excluding tert-OH is 1. The van der Waals surface area contributed by atoms with Crippen LogP contribution in [0.4, 0.5) is 0 Å². The van der Waals surface area contributed by atoms with Crippen LogP contribution >= 0.6 is 22.9 Å². The fourth-order valence-electron chi connectivity index (χ4n) is 1.76. The zero-order chi connectivity index (χ0) is 11.4. The molecule has 1 aromatic rings. The Morgan fingerprint density at radius 2 is 2.13 bits per heavy atom. The molecule has 4 heteroatoms. The molecular weight excluding hydrogens is 230 g/mol. The van der Waals surface area contributed by atoms with E-state index in [9.17, 15) is 5.11 Å². The van der Waals surface area contributed by atoms with E-state index >= 15 is 0 Å². The van der Waals surface area contributed by atoms with E-state index in [1.54, 1.807) is 11.3 Å². The van der Waals surface area contributed by atoms with Crippen LogP contribution in [-0.4, -0.2) is 18.8 Å². The van der Waals surface area contributed by atoms with Crippen LogP contribution in [0, 0.1) is 11.8 Å². The highest BCUT2D eigenvalue weighted by atomic mass is 35.5. The summed E-state index contributed by atoms with van der Waals surface area (Å²) in [5.41, 5.74) is 0. The molecule has 0 amide bonds. The first-order chi connectivity index (χ1) is 7.10. The number of hydrogen-bond donors (Lipinski definition) is 2. The number of aliphatic hydroxyl groups is 1. The van der Waals surface area contributed by atoms with Gasteiger partial charge in [0.05, 0.1) is 4.34 Å². The van der Waals surface area contributed by atoms with Gasteiger partial charge in [0.25, 0.3) is 0 Å². The average Bonchev–Trinajstić information content (AvgIpc) is 2.60. The van der Waals surface area contributed by atoms with Gasteiger partial charge in [0.2, 0.25) is 0 Å². The molecule has 0 fully saturated rings. The van der Waals surface area contributed by atoms with Gasteiger partial charge in [-0.15, -0.1) is 11.3 Å². The van der Waals surface area contributed by atoms with Crippen molar-refractivity contribution in [1.82, 2.24) is 5.32 Å². The molecule has 0 spiro atoms. The van der Waals surface area contributed by atoms with Crippen LogP contribution in [0.2, 0.25) is 4.34 Å². The minimum absolute atomic E-state index is 0.187. The average molecular weight is 248 g/mol. The van der Waals surface area contributed by atoms with Gasteiger partial charge in [-0.3, -0.25) is 0 Å². The molecular formula is C11H18ClNOS. The maximum absolute atomic E-state index is 9.40. The fraction of sp³-hybridized carbons (Fsp3) is 0.636. The van der Waals surface area contributed by atoms with E-state index in [-0.39, 0.29) is 18.6 Å². The highest BCUT2D eigenvalue weighted by molar-refractivity contribution is 7.16. The van der Waals surface area contributed by atoms with Crippen LogP contribution in [0.3, 0.4) is 0 Å². The Balaban J connectivity index is 2.86. The molecule has 0 radical (unpaired) electrons. The molecule has 86 valence electrons. The van der Waals surface area contributed by atoms with Gasteiger partial charge in [-0.05, 0) is 25.1 Å². The van der Waals surface area contributed by atoms with Gasteiger partial charge in [-0.1, -0.05) is 25.4 Å². The fourth-order valence-corrected chi connectivity index (χ4v) is 3.01. The van der Waals surface area contributed by atoms with Crippen molar-refractivity contribution in [2.75, 3.05) is 13.7 Å². The maximum Gasteiger partial charge on any atom is 0.0931 e. The Hall–Kier alpha value is -0.0900. The molecule has 15 heavy (non-hydrogen) atoms. The van der Waals surface area contributed by atoms with Crippen molar-refractivity contribution in [3.63, 3.8) is 0 Å². The molecule has 2 unspecified atom stereocenters. The van der Waals surface area contributed by atoms with Crippen molar-refractivity contribution in [2.45, 2.75) is 19.9 Å². The van der Waals surface area contributed by atoms with Crippen LogP contribution in [0.25, 0.3) is 0 Å². The van der Waals surface area contributed by atoms with Crippen LogP contribution in [0.1, 0.15) is 24.8 Å². The summed E-state index contributed by atoms with van der Waals surface area (Å²) < 4.78 is 0.797. The van der Waals surface area contributed by atoms with Crippen molar-refractivity contribution in [2.24, 2.45) is 11.8 Å². The summed E-state index contributed by atoms with van der Waals surface area (Å²) in [7, 11) is 1.92. The van der Waals surface area contributed by atoms with E-state index in [0.29, 0.717) is 5.92 Å². The van der Waals surface area contributed by atoms with Crippen LogP contribution in [-0.2, 0) is 0 Å². The molecule has 0 aromatic carbocycles. The summed E-state index contributed by atoms with van der Waals surface area (Å²) in [6.45, 7) is 4.44. The standard InChI is InChI=1S/C11H18ClNOS/c1-7(2)8(6-14)11(13-3)9-4-5-10(12)15-9/h4-5,7-8,11,13-14H,6H2,1-3H3. The molecule has 0 aliphatic rings. The lowest BCUT2D eigenvalue weighted by Gasteiger charge is -2.27. The van der Waals surface area contributed by atoms with E-state index in [0.717, 1.165) is 4.34 Å². The third-order valence-electron chi connectivity index (χ3n) is 2.71. The lowest BCUT2D eigenvalue weighted by molar-refractivity contribution is 0.155. The number of nitrogens with one attached hydrogen (secondary N) is 1. The lowest BCUT2D eigenvalue weighted by atomic mass is 9.88. The Kier molecular flexibility index (Phi) is 5.06. The predicted molar refractivity (Wildman–Crippen MR) is 66.5 cm³/mol. The molecule has 0 aliphatic carbocycles. The summed E-state index contributed by atoms with van der Waals surface area (Å²) >= 11 is 7.49. The SMILES string of the molecule is CNC(c1ccc(Cl)s1)C(CO)C(C)C. The highest BCUT2D eigenvalue weighted by Gasteiger charge is 2.25. The molecule has 0 saturated heterocycles. The van der Waals surface area contributed by atoms with Crippen molar-refractivity contribution in [3.8, 4) is 0 Å². The molecule has 0 bridgehead atoms. The smallest absolute Gasteiger partial charge is 0.0931 e. The maximum atomic E-state index is 9.40. The zero-order valence-corrected chi connectivity index (χ0v) is 10.9. The molecule has 1 rings (SSSR count). The minimum atomic E-state index is 0.187. The van der Waals surface area contributed by atoms with Gasteiger partial charge < -0.3 is 10.4 Å². The second-order valence-electron chi connectivity index (χ2n) is 4.00. The van der Waals surface area contributed by atoms with Gasteiger partial charge in [-0.25, -0.2) is 0 Å². The van der Waals surface area contributed by atoms with Gasteiger partial charge in [0.1, 0.15) is 0 Å². The number of hydrogen-bond acceptors (Lipinski definition) is 3. The lowest BCUT2D eigenvalue weighted by Crippen LogP contribution is -2.30. The third-order valence-corrected chi connectivity index (χ3v) is 4.02. The van der Waals surface area contributed by atoms with E-state index in [2.05, 4.69) is 19.2 Å². The first-order valence-corrected chi connectivity index (χ1v) is 6.33. The van der Waals surface area contributed by atoms with Crippen molar-refractivity contribution < 1.29 is 5.11 Å². The molecule has 0 aliphatic heterocycles. The van der Waals surface area contributed by atoms with Crippen molar-refractivity contribution in [1.29, 1.82) is 0 Å². The highest BCUT2D eigenvalue weighted by Crippen LogP contribution is 2.33. The monoisotopic (exact) mass is 247 g/mol. The summed E-state index contributed by atoms with van der Waals surface area (Å²) in [4.78, 5) is 1.19. The summed E-state index contributed by atoms with van der Waals surface area (Å²) in [6.07, 6.45) is 0. The molecule has 1 heterocycles. The Morgan fingerprint density at radius 1 is 1.47 bits per heavy atom. The quantitative estimate of drug-likeness (QED) is 0.839. The van der Waals surface area contributed by atoms with Crippen LogP contribution < -0.4 is 5.32 Å². The molecule has 1 aromatic heterocycles. The van der Waals surface area contributed by atoms with Gasteiger partial charge in [0, 0.05) is 23.4 Å². The van der Waals surface area contributed by atoms with Crippen LogP contribution in [0.15, 0.2) is 12.1 Å². The minimum Gasteiger partial charge on any atom is -0.396 e. The van der Waals surface area contributed by atoms with Gasteiger partial charge >= 0.3 is 0 Å². The Labute approximate surface area is 100 Å². The Morgan fingerprint density at radius 3 is 2.47 bits per heavy atom. The first kappa shape index (κ1) is 13.0. The van der Waals surface area contributed by atoms with Crippen molar-refractivity contribution in [3.05, 3.63) is 21.3 Å². The second kappa shape index (κ2) is 5.85. The molecule has 2 atom stereocenters. The van der Waals surface area contributed by atoms with E-state index in [1.807, 2.05) is 19.2 Å². The first-order valence-electron chi connectivity index (χ1n) is 5.13. The number of thiophene rings is 1.